The summed E-state index contributed by atoms with van der Waals surface area (Å²) in [6.07, 6.45) is 4.62. The molecule has 1 saturated carbocycles. The highest BCUT2D eigenvalue weighted by molar-refractivity contribution is 7.90. The van der Waals surface area contributed by atoms with Crippen molar-refractivity contribution < 1.29 is 8.42 Å². The van der Waals surface area contributed by atoms with E-state index in [-0.39, 0.29) is 0 Å². The summed E-state index contributed by atoms with van der Waals surface area (Å²) in [5, 5.41) is 4.02. The van der Waals surface area contributed by atoms with Crippen LogP contribution in [-0.4, -0.2) is 20.7 Å². The third-order valence-electron chi connectivity index (χ3n) is 4.40. The van der Waals surface area contributed by atoms with Crippen LogP contribution in [0.3, 0.4) is 0 Å². The highest BCUT2D eigenvalue weighted by Crippen LogP contribution is 2.40. The molecule has 2 atom stereocenters. The van der Waals surface area contributed by atoms with Crippen molar-refractivity contribution >= 4 is 27.1 Å². The SMILES string of the molecule is CC1CC(C)(C)CCC1Nc1cc(S(C)(=O)=O)ccc1Cl. The number of hydrogen-bond donors (Lipinski definition) is 1. The Balaban J connectivity index is 2.20. The topological polar surface area (TPSA) is 46.2 Å². The molecule has 0 bridgehead atoms. The Morgan fingerprint density at radius 1 is 1.33 bits per heavy atom. The Kier molecular flexibility index (Phi) is 4.60. The molecule has 1 aliphatic rings. The first kappa shape index (κ1) is 16.6. The molecule has 1 N–H and O–H groups in total. The molecular formula is C16H24ClNO2S. The third-order valence-corrected chi connectivity index (χ3v) is 5.84. The summed E-state index contributed by atoms with van der Waals surface area (Å²) in [5.74, 6) is 0.534. The molecule has 1 aliphatic carbocycles. The third kappa shape index (κ3) is 4.13. The zero-order valence-corrected chi connectivity index (χ0v) is 14.7. The molecule has 0 aromatic heterocycles. The van der Waals surface area contributed by atoms with Crippen LogP contribution in [0.4, 0.5) is 5.69 Å². The standard InChI is InChI=1S/C16H24ClNO2S/c1-11-10-16(2,3)8-7-14(11)18-15-9-12(21(4,19)20)5-6-13(15)17/h5-6,9,11,14,18H,7-8,10H2,1-4H3. The second-order valence-electron chi connectivity index (χ2n) is 7.05. The quantitative estimate of drug-likeness (QED) is 0.895. The summed E-state index contributed by atoms with van der Waals surface area (Å²) in [4.78, 5) is 0.304. The van der Waals surface area contributed by atoms with E-state index in [1.54, 1.807) is 18.2 Å². The van der Waals surface area contributed by atoms with Crippen LogP contribution in [0, 0.1) is 11.3 Å². The van der Waals surface area contributed by atoms with Gasteiger partial charge in [0.05, 0.1) is 15.6 Å². The summed E-state index contributed by atoms with van der Waals surface area (Å²) in [6, 6.07) is 5.18. The van der Waals surface area contributed by atoms with Crippen molar-refractivity contribution in [2.45, 2.75) is 51.0 Å². The molecule has 21 heavy (non-hydrogen) atoms. The average Bonchev–Trinajstić information content (AvgIpc) is 2.33. The summed E-state index contributed by atoms with van der Waals surface area (Å²) < 4.78 is 23.3. The lowest BCUT2D eigenvalue weighted by molar-refractivity contribution is 0.177. The van der Waals surface area contributed by atoms with Gasteiger partial charge in [-0.2, -0.15) is 0 Å². The van der Waals surface area contributed by atoms with Crippen LogP contribution in [0.25, 0.3) is 0 Å². The van der Waals surface area contributed by atoms with Crippen molar-refractivity contribution in [3.63, 3.8) is 0 Å². The van der Waals surface area contributed by atoms with E-state index in [0.29, 0.717) is 27.3 Å². The molecule has 0 saturated heterocycles. The van der Waals surface area contributed by atoms with Crippen LogP contribution in [0.1, 0.15) is 40.0 Å². The summed E-state index contributed by atoms with van der Waals surface area (Å²) in [5.41, 5.74) is 1.10. The fraction of sp³-hybridized carbons (Fsp3) is 0.625. The molecule has 3 nitrogen and oxygen atoms in total. The number of sulfone groups is 1. The number of anilines is 1. The van der Waals surface area contributed by atoms with E-state index in [4.69, 9.17) is 11.6 Å². The van der Waals surface area contributed by atoms with Gasteiger partial charge in [0.15, 0.2) is 9.84 Å². The van der Waals surface area contributed by atoms with Gasteiger partial charge in [0.2, 0.25) is 0 Å². The van der Waals surface area contributed by atoms with Gasteiger partial charge in [-0.05, 0) is 48.8 Å². The lowest BCUT2D eigenvalue weighted by atomic mass is 9.70. The maximum atomic E-state index is 11.7. The van der Waals surface area contributed by atoms with Gasteiger partial charge in [0.1, 0.15) is 0 Å². The molecule has 5 heteroatoms. The number of hydrogen-bond acceptors (Lipinski definition) is 3. The van der Waals surface area contributed by atoms with Crippen LogP contribution in [-0.2, 0) is 9.84 Å². The monoisotopic (exact) mass is 329 g/mol. The Bertz CT molecular complexity index is 625. The molecule has 2 unspecified atom stereocenters. The van der Waals surface area contributed by atoms with Crippen molar-refractivity contribution in [1.29, 1.82) is 0 Å². The molecular weight excluding hydrogens is 306 g/mol. The predicted octanol–water partition coefficient (Wildman–Crippen LogP) is 4.37. The molecule has 1 aromatic rings. The van der Waals surface area contributed by atoms with Crippen LogP contribution in [0.5, 0.6) is 0 Å². The summed E-state index contributed by atoms with van der Waals surface area (Å²) in [7, 11) is -3.21. The predicted molar refractivity (Wildman–Crippen MR) is 88.8 cm³/mol. The largest absolute Gasteiger partial charge is 0.381 e. The normalized spacial score (nSPS) is 25.6. The van der Waals surface area contributed by atoms with Gasteiger partial charge >= 0.3 is 0 Å². The molecule has 0 amide bonds. The van der Waals surface area contributed by atoms with E-state index in [1.807, 2.05) is 0 Å². The Morgan fingerprint density at radius 3 is 2.57 bits per heavy atom. The zero-order valence-electron chi connectivity index (χ0n) is 13.1. The van der Waals surface area contributed by atoms with E-state index in [0.717, 1.165) is 18.5 Å². The lowest BCUT2D eigenvalue weighted by Crippen LogP contribution is -2.36. The van der Waals surface area contributed by atoms with Crippen molar-refractivity contribution in [3.05, 3.63) is 23.2 Å². The highest BCUT2D eigenvalue weighted by Gasteiger charge is 2.32. The Morgan fingerprint density at radius 2 is 2.00 bits per heavy atom. The first-order valence-electron chi connectivity index (χ1n) is 7.35. The minimum absolute atomic E-state index is 0.304. The van der Waals surface area contributed by atoms with Crippen LogP contribution >= 0.6 is 11.6 Å². The fourth-order valence-corrected chi connectivity index (χ4v) is 4.03. The van der Waals surface area contributed by atoms with Crippen LogP contribution in [0.2, 0.25) is 5.02 Å². The van der Waals surface area contributed by atoms with Gasteiger partial charge in [-0.15, -0.1) is 0 Å². The fourth-order valence-electron chi connectivity index (χ4n) is 3.21. The van der Waals surface area contributed by atoms with Gasteiger partial charge in [0.25, 0.3) is 0 Å². The molecule has 0 heterocycles. The molecule has 0 spiro atoms. The Hall–Kier alpha value is -0.740. The minimum Gasteiger partial charge on any atom is -0.381 e. The number of benzene rings is 1. The average molecular weight is 330 g/mol. The van der Waals surface area contributed by atoms with Crippen molar-refractivity contribution in [3.8, 4) is 0 Å². The number of nitrogens with one attached hydrogen (secondary N) is 1. The van der Waals surface area contributed by atoms with E-state index in [2.05, 4.69) is 26.1 Å². The zero-order chi connectivity index (χ0) is 15.8. The smallest absolute Gasteiger partial charge is 0.175 e. The van der Waals surface area contributed by atoms with Gasteiger partial charge in [-0.1, -0.05) is 32.4 Å². The second kappa shape index (κ2) is 5.81. The maximum absolute atomic E-state index is 11.7. The summed E-state index contributed by atoms with van der Waals surface area (Å²) >= 11 is 6.21. The molecule has 118 valence electrons. The van der Waals surface area contributed by atoms with Gasteiger partial charge in [0, 0.05) is 12.3 Å². The van der Waals surface area contributed by atoms with Crippen molar-refractivity contribution in [1.82, 2.24) is 0 Å². The molecule has 2 rings (SSSR count). The minimum atomic E-state index is -3.21. The van der Waals surface area contributed by atoms with Gasteiger partial charge in [-0.3, -0.25) is 0 Å². The summed E-state index contributed by atoms with van der Waals surface area (Å²) in [6.45, 7) is 6.85. The van der Waals surface area contributed by atoms with E-state index in [9.17, 15) is 8.42 Å². The number of rotatable bonds is 3. The molecule has 0 radical (unpaired) electrons. The highest BCUT2D eigenvalue weighted by atomic mass is 35.5. The van der Waals surface area contributed by atoms with Crippen LogP contribution < -0.4 is 5.32 Å². The van der Waals surface area contributed by atoms with E-state index in [1.165, 1.54) is 12.7 Å². The first-order chi connectivity index (χ1) is 9.58. The molecule has 1 fully saturated rings. The molecule has 1 aromatic carbocycles. The van der Waals surface area contributed by atoms with Crippen LogP contribution in [0.15, 0.2) is 23.1 Å². The van der Waals surface area contributed by atoms with Crippen molar-refractivity contribution in [2.24, 2.45) is 11.3 Å². The van der Waals surface area contributed by atoms with Gasteiger partial charge < -0.3 is 5.32 Å². The number of halogens is 1. The lowest BCUT2D eigenvalue weighted by Gasteiger charge is -2.40. The maximum Gasteiger partial charge on any atom is 0.175 e. The van der Waals surface area contributed by atoms with E-state index >= 15 is 0 Å². The molecule has 0 aliphatic heterocycles. The van der Waals surface area contributed by atoms with Gasteiger partial charge in [-0.25, -0.2) is 8.42 Å². The first-order valence-corrected chi connectivity index (χ1v) is 9.62. The van der Waals surface area contributed by atoms with E-state index < -0.39 is 9.84 Å². The van der Waals surface area contributed by atoms with Crippen molar-refractivity contribution in [2.75, 3.05) is 11.6 Å². The second-order valence-corrected chi connectivity index (χ2v) is 9.47. The Labute approximate surface area is 133 Å².